The average Bonchev–Trinajstić information content (AvgIpc) is 2.18. The molecular formula is C10H12ClN3O. The van der Waals surface area contributed by atoms with Gasteiger partial charge in [-0.15, -0.1) is 5.92 Å². The fourth-order valence-electron chi connectivity index (χ4n) is 0.972. The molecule has 4 nitrogen and oxygen atoms in total. The molecule has 1 aromatic rings. The van der Waals surface area contributed by atoms with Crippen LogP contribution in [-0.4, -0.2) is 23.6 Å². The Bertz CT molecular complexity index is 384. The predicted molar refractivity (Wildman–Crippen MR) is 59.7 cm³/mol. The maximum Gasteiger partial charge on any atom is 0.158 e. The lowest BCUT2D eigenvalue weighted by Gasteiger charge is -2.04. The summed E-state index contributed by atoms with van der Waals surface area (Å²) in [6.45, 7) is 2.66. The molecule has 0 atom stereocenters. The van der Waals surface area contributed by atoms with E-state index in [4.69, 9.17) is 16.3 Å². The van der Waals surface area contributed by atoms with Gasteiger partial charge in [0.05, 0.1) is 6.54 Å². The topological polar surface area (TPSA) is 47.0 Å². The van der Waals surface area contributed by atoms with Crippen LogP contribution < -0.4 is 5.32 Å². The maximum atomic E-state index is 5.82. The van der Waals surface area contributed by atoms with E-state index in [2.05, 4.69) is 27.1 Å². The van der Waals surface area contributed by atoms with Crippen LogP contribution in [0.2, 0.25) is 5.15 Å². The summed E-state index contributed by atoms with van der Waals surface area (Å²) in [6.07, 6.45) is 0. The minimum atomic E-state index is 0.342. The Kier molecular flexibility index (Phi) is 4.88. The predicted octanol–water partition coefficient (Wildman–Crippen LogP) is 1.71. The van der Waals surface area contributed by atoms with E-state index >= 15 is 0 Å². The van der Waals surface area contributed by atoms with Gasteiger partial charge in [0.1, 0.15) is 17.6 Å². The Morgan fingerprint density at radius 3 is 3.00 bits per heavy atom. The summed E-state index contributed by atoms with van der Waals surface area (Å²) >= 11 is 5.82. The second-order valence-corrected chi connectivity index (χ2v) is 3.09. The van der Waals surface area contributed by atoms with Crippen molar-refractivity contribution in [3.05, 3.63) is 17.0 Å². The quantitative estimate of drug-likeness (QED) is 0.626. The van der Waals surface area contributed by atoms with E-state index in [-0.39, 0.29) is 0 Å². The summed E-state index contributed by atoms with van der Waals surface area (Å²) in [7, 11) is 1.58. The fourth-order valence-corrected chi connectivity index (χ4v) is 1.17. The van der Waals surface area contributed by atoms with Crippen molar-refractivity contribution >= 4 is 17.4 Å². The molecular weight excluding hydrogens is 214 g/mol. The smallest absolute Gasteiger partial charge is 0.158 e. The van der Waals surface area contributed by atoms with Gasteiger partial charge in [-0.1, -0.05) is 17.5 Å². The number of hydrogen-bond acceptors (Lipinski definition) is 4. The van der Waals surface area contributed by atoms with E-state index in [1.54, 1.807) is 20.1 Å². The second-order valence-electron chi connectivity index (χ2n) is 2.71. The van der Waals surface area contributed by atoms with E-state index < -0.39 is 0 Å². The zero-order chi connectivity index (χ0) is 11.1. The van der Waals surface area contributed by atoms with Gasteiger partial charge in [0, 0.05) is 13.2 Å². The lowest BCUT2D eigenvalue weighted by Crippen LogP contribution is -2.05. The fraction of sp³-hybridized carbons (Fsp3) is 0.400. The average molecular weight is 226 g/mol. The third kappa shape index (κ3) is 4.15. The van der Waals surface area contributed by atoms with E-state index in [1.165, 1.54) is 0 Å². The molecule has 1 rings (SSSR count). The molecule has 5 heteroatoms. The number of methoxy groups -OCH3 is 1. The normalized spacial score (nSPS) is 9.27. The first-order chi connectivity index (χ1) is 7.26. The summed E-state index contributed by atoms with van der Waals surface area (Å²) in [4.78, 5) is 8.20. The summed E-state index contributed by atoms with van der Waals surface area (Å²) in [5.74, 6) is 6.86. The Hall–Kier alpha value is -1.31. The van der Waals surface area contributed by atoms with Crippen molar-refractivity contribution in [3.8, 4) is 11.8 Å². The molecule has 0 saturated heterocycles. The van der Waals surface area contributed by atoms with Gasteiger partial charge in [0.2, 0.25) is 0 Å². The summed E-state index contributed by atoms with van der Waals surface area (Å²) < 4.78 is 4.92. The first-order valence-electron chi connectivity index (χ1n) is 4.42. The van der Waals surface area contributed by atoms with E-state index in [0.717, 1.165) is 0 Å². The highest BCUT2D eigenvalue weighted by Crippen LogP contribution is 2.11. The van der Waals surface area contributed by atoms with Crippen LogP contribution in [0.5, 0.6) is 0 Å². The Labute approximate surface area is 94.0 Å². The Balaban J connectivity index is 2.72. The monoisotopic (exact) mass is 225 g/mol. The Morgan fingerprint density at radius 2 is 2.33 bits per heavy atom. The number of rotatable bonds is 4. The second kappa shape index (κ2) is 6.23. The van der Waals surface area contributed by atoms with E-state index in [1.807, 2.05) is 0 Å². The number of anilines is 1. The van der Waals surface area contributed by atoms with Gasteiger partial charge in [0.15, 0.2) is 5.82 Å². The summed E-state index contributed by atoms with van der Waals surface area (Å²) in [6, 6.07) is 1.65. The Morgan fingerprint density at radius 1 is 1.53 bits per heavy atom. The molecule has 1 N–H and O–H groups in total. The molecule has 0 radical (unpaired) electrons. The first-order valence-corrected chi connectivity index (χ1v) is 4.80. The highest BCUT2D eigenvalue weighted by atomic mass is 35.5. The van der Waals surface area contributed by atoms with Crippen molar-refractivity contribution < 1.29 is 4.74 Å². The third-order valence-corrected chi connectivity index (χ3v) is 1.74. The van der Waals surface area contributed by atoms with Gasteiger partial charge in [-0.05, 0) is 6.92 Å². The molecule has 1 heterocycles. The molecule has 0 aliphatic carbocycles. The summed E-state index contributed by atoms with van der Waals surface area (Å²) in [5, 5.41) is 3.41. The largest absolute Gasteiger partial charge is 0.377 e. The molecule has 1 aromatic heterocycles. The molecule has 0 fully saturated rings. The highest BCUT2D eigenvalue weighted by Gasteiger charge is 2.01. The van der Waals surface area contributed by atoms with Crippen LogP contribution in [0.1, 0.15) is 12.7 Å². The van der Waals surface area contributed by atoms with Crippen LogP contribution in [0.15, 0.2) is 6.07 Å². The third-order valence-electron chi connectivity index (χ3n) is 1.55. The van der Waals surface area contributed by atoms with Crippen molar-refractivity contribution in [3.63, 3.8) is 0 Å². The SMILES string of the molecule is CC#CCNc1cc(Cl)nc(COC)n1. The molecule has 0 aliphatic heterocycles. The van der Waals surface area contributed by atoms with Crippen LogP contribution in [0.3, 0.4) is 0 Å². The molecule has 0 saturated carbocycles. The van der Waals surface area contributed by atoms with Crippen LogP contribution >= 0.6 is 11.6 Å². The van der Waals surface area contributed by atoms with Crippen LogP contribution in [-0.2, 0) is 11.3 Å². The number of halogens is 1. The number of nitrogens with zero attached hydrogens (tertiary/aromatic N) is 2. The molecule has 0 aromatic carbocycles. The molecule has 0 spiro atoms. The molecule has 80 valence electrons. The van der Waals surface area contributed by atoms with Crippen LogP contribution in [0, 0.1) is 11.8 Å². The highest BCUT2D eigenvalue weighted by molar-refractivity contribution is 6.29. The standard InChI is InChI=1S/C10H12ClN3O/c1-3-4-5-12-9-6-8(11)13-10(14-9)7-15-2/h6H,5,7H2,1-2H3,(H,12,13,14). The molecule has 0 aliphatic rings. The van der Waals surface area contributed by atoms with Crippen molar-refractivity contribution in [2.45, 2.75) is 13.5 Å². The molecule has 0 unspecified atom stereocenters. The van der Waals surface area contributed by atoms with Gasteiger partial charge < -0.3 is 10.1 Å². The van der Waals surface area contributed by atoms with Gasteiger partial charge in [0.25, 0.3) is 0 Å². The van der Waals surface area contributed by atoms with Gasteiger partial charge in [-0.3, -0.25) is 0 Å². The minimum absolute atomic E-state index is 0.342. The number of aromatic nitrogens is 2. The first kappa shape index (κ1) is 11.8. The van der Waals surface area contributed by atoms with Crippen molar-refractivity contribution in [1.82, 2.24) is 9.97 Å². The lowest BCUT2D eigenvalue weighted by molar-refractivity contribution is 0.178. The number of hydrogen-bond donors (Lipinski definition) is 1. The van der Waals surface area contributed by atoms with Crippen LogP contribution in [0.4, 0.5) is 5.82 Å². The zero-order valence-electron chi connectivity index (χ0n) is 8.67. The minimum Gasteiger partial charge on any atom is -0.377 e. The van der Waals surface area contributed by atoms with Crippen LogP contribution in [0.25, 0.3) is 0 Å². The zero-order valence-corrected chi connectivity index (χ0v) is 9.43. The number of nitrogens with one attached hydrogen (secondary N) is 1. The lowest BCUT2D eigenvalue weighted by atomic mass is 10.5. The van der Waals surface area contributed by atoms with Gasteiger partial charge in [-0.2, -0.15) is 0 Å². The van der Waals surface area contributed by atoms with E-state index in [9.17, 15) is 0 Å². The van der Waals surface area contributed by atoms with Gasteiger partial charge in [-0.25, -0.2) is 9.97 Å². The molecule has 0 amide bonds. The van der Waals surface area contributed by atoms with E-state index in [0.29, 0.717) is 29.9 Å². The summed E-state index contributed by atoms with van der Waals surface area (Å²) in [5.41, 5.74) is 0. The number of ether oxygens (including phenoxy) is 1. The van der Waals surface area contributed by atoms with Crippen molar-refractivity contribution in [2.24, 2.45) is 0 Å². The van der Waals surface area contributed by atoms with Crippen molar-refractivity contribution in [2.75, 3.05) is 19.0 Å². The van der Waals surface area contributed by atoms with Crippen molar-refractivity contribution in [1.29, 1.82) is 0 Å². The molecule has 0 bridgehead atoms. The van der Waals surface area contributed by atoms with Gasteiger partial charge >= 0.3 is 0 Å². The molecule has 15 heavy (non-hydrogen) atoms. The maximum absolute atomic E-state index is 5.82.